The van der Waals surface area contributed by atoms with Crippen LogP contribution in [0.2, 0.25) is 0 Å². The van der Waals surface area contributed by atoms with Crippen molar-refractivity contribution in [2.75, 3.05) is 52.4 Å². The molecule has 1 aromatic rings. The van der Waals surface area contributed by atoms with E-state index < -0.39 is 49.2 Å². The molecule has 0 spiro atoms. The number of hydrogen-bond donors (Lipinski definition) is 4. The zero-order valence-corrected chi connectivity index (χ0v) is 25.2. The highest BCUT2D eigenvalue weighted by Crippen LogP contribution is 2.38. The Kier molecular flexibility index (Phi) is 9.81. The van der Waals surface area contributed by atoms with Gasteiger partial charge in [-0.2, -0.15) is 5.10 Å². The van der Waals surface area contributed by atoms with Gasteiger partial charge in [0.15, 0.2) is 5.66 Å². The van der Waals surface area contributed by atoms with Gasteiger partial charge in [-0.3, -0.25) is 28.3 Å². The minimum Gasteiger partial charge on any atom is -0.383 e. The molecule has 1 amide bonds. The number of nitrogens with zero attached hydrogens (tertiary/aromatic N) is 4. The van der Waals surface area contributed by atoms with Gasteiger partial charge in [0.25, 0.3) is 5.91 Å². The highest BCUT2D eigenvalue weighted by Gasteiger charge is 2.45. The Morgan fingerprint density at radius 1 is 1.28 bits per heavy atom. The lowest BCUT2D eigenvalue weighted by Gasteiger charge is -2.44. The number of carbonyl (C=O) groups excluding carboxylic acids is 1. The molecule has 1 unspecified atom stereocenters. The molecule has 0 aromatic carbocycles. The van der Waals surface area contributed by atoms with Crippen molar-refractivity contribution in [3.8, 4) is 11.8 Å². The highest BCUT2D eigenvalue weighted by atomic mass is 19.2. The van der Waals surface area contributed by atoms with Crippen LogP contribution in [-0.2, 0) is 5.54 Å². The third kappa shape index (κ3) is 6.55. The van der Waals surface area contributed by atoms with Crippen molar-refractivity contribution in [1.29, 1.82) is 0 Å². The summed E-state index contributed by atoms with van der Waals surface area (Å²) < 4.78 is 58.0. The maximum atomic E-state index is 15.2. The summed E-state index contributed by atoms with van der Waals surface area (Å²) >= 11 is 0. The predicted octanol–water partition coefficient (Wildman–Crippen LogP) is 3.11. The quantitative estimate of drug-likeness (QED) is 0.227. The Morgan fingerprint density at radius 3 is 2.65 bits per heavy atom. The molecule has 4 rings (SSSR count). The molecule has 0 saturated carbocycles. The molecule has 0 radical (unpaired) electrons. The Labute approximate surface area is 250 Å². The molecule has 13 heteroatoms. The summed E-state index contributed by atoms with van der Waals surface area (Å²) in [7, 11) is 1.85. The Hall–Kier alpha value is -3.50. The van der Waals surface area contributed by atoms with E-state index in [9.17, 15) is 18.0 Å². The lowest BCUT2D eigenvalue weighted by Crippen LogP contribution is -2.65. The van der Waals surface area contributed by atoms with Gasteiger partial charge in [-0.05, 0) is 64.4 Å². The minimum absolute atomic E-state index is 0.0494. The van der Waals surface area contributed by atoms with Crippen molar-refractivity contribution < 1.29 is 22.4 Å². The molecule has 3 aliphatic rings. The summed E-state index contributed by atoms with van der Waals surface area (Å²) in [6.07, 6.45) is 8.12. The first-order valence-electron chi connectivity index (χ1n) is 14.5. The zero-order valence-electron chi connectivity index (χ0n) is 25.2. The number of nitrogen functional groups attached to an aromatic ring is 1. The van der Waals surface area contributed by atoms with Crippen molar-refractivity contribution in [1.82, 2.24) is 35.7 Å². The van der Waals surface area contributed by atoms with Crippen molar-refractivity contribution in [2.24, 2.45) is 5.41 Å². The van der Waals surface area contributed by atoms with Crippen LogP contribution in [0.4, 0.5) is 23.4 Å². The predicted molar refractivity (Wildman–Crippen MR) is 158 cm³/mol. The number of allylic oxidation sites excluding steroid dienone is 3. The molecule has 3 aliphatic heterocycles. The number of likely N-dealkylation sites (tertiary alicyclic amines) is 1. The number of amides is 1. The smallest absolute Gasteiger partial charge is 0.257 e. The maximum absolute atomic E-state index is 15.2. The summed E-state index contributed by atoms with van der Waals surface area (Å²) in [5.74, 6) is 5.94. The van der Waals surface area contributed by atoms with Crippen LogP contribution in [0.5, 0.6) is 0 Å². The molecule has 9 nitrogen and oxygen atoms in total. The minimum atomic E-state index is -1.78. The number of anilines is 1. The van der Waals surface area contributed by atoms with Crippen LogP contribution in [0.15, 0.2) is 41.9 Å². The van der Waals surface area contributed by atoms with E-state index in [1.165, 1.54) is 6.20 Å². The number of halogens is 4. The molecule has 4 heterocycles. The standard InChI is InChI=1S/C30H42F4N8O/c1-5-28(2,3)42-26(35)22(16-38-42)27(43)36-12-7-11-30(39-24-9-13-40(4)17-23(24)34)10-6-8-25-21(15-37-41(25)30)14-29(18-31,19-32)20-33/h6,8,10,15-16,23-24,37,39H,5,9,12-14,17-20,35H2,1-4H3,(H,36,43)/t23-,24+,30?/m0/s1. The van der Waals surface area contributed by atoms with Crippen molar-refractivity contribution >= 4 is 11.7 Å². The van der Waals surface area contributed by atoms with Gasteiger partial charge in [-0.1, -0.05) is 24.8 Å². The Bertz CT molecular complexity index is 1320. The van der Waals surface area contributed by atoms with Gasteiger partial charge >= 0.3 is 0 Å². The molecule has 43 heavy (non-hydrogen) atoms. The summed E-state index contributed by atoms with van der Waals surface area (Å²) in [6, 6.07) is -0.552. The van der Waals surface area contributed by atoms with Gasteiger partial charge in [0.1, 0.15) is 37.6 Å². The van der Waals surface area contributed by atoms with Crippen molar-refractivity contribution in [3.05, 3.63) is 47.5 Å². The van der Waals surface area contributed by atoms with Crippen LogP contribution in [-0.4, -0.2) is 90.2 Å². The fourth-order valence-electron chi connectivity index (χ4n) is 5.36. The number of hydrazine groups is 1. The number of nitrogens with one attached hydrogen (secondary N) is 3. The van der Waals surface area contributed by atoms with Gasteiger partial charge in [0.05, 0.1) is 29.4 Å². The number of rotatable bonds is 11. The second-order valence-electron chi connectivity index (χ2n) is 12.2. The SMILES string of the molecule is CCC(C)(C)n1ncc(C(=O)NCC#CC2(N[C@@H]3CCN(C)C[C@@H]3F)C=CC=C3C(CC(CF)(CF)CF)=CNN32)c1N. The van der Waals surface area contributed by atoms with E-state index in [0.717, 1.165) is 6.42 Å². The number of nitrogens with two attached hydrogens (primary N) is 1. The molecule has 236 valence electrons. The third-order valence-corrected chi connectivity index (χ3v) is 8.55. The molecule has 1 fully saturated rings. The summed E-state index contributed by atoms with van der Waals surface area (Å²) in [6.45, 7) is 3.37. The molecule has 0 bridgehead atoms. The van der Waals surface area contributed by atoms with E-state index in [0.29, 0.717) is 24.2 Å². The van der Waals surface area contributed by atoms with Gasteiger partial charge in [0, 0.05) is 18.8 Å². The summed E-state index contributed by atoms with van der Waals surface area (Å²) in [5, 5.41) is 12.0. The normalized spacial score (nSPS) is 24.0. The molecular formula is C30H42F4N8O. The first kappa shape index (κ1) is 32.4. The van der Waals surface area contributed by atoms with Crippen LogP contribution < -0.4 is 21.8 Å². The number of carbonyl (C=O) groups is 1. The first-order chi connectivity index (χ1) is 20.4. The second-order valence-corrected chi connectivity index (χ2v) is 12.2. The van der Waals surface area contributed by atoms with Crippen molar-refractivity contribution in [3.63, 3.8) is 0 Å². The fourth-order valence-corrected chi connectivity index (χ4v) is 5.36. The monoisotopic (exact) mass is 606 g/mol. The van der Waals surface area contributed by atoms with Crippen LogP contribution in [0.3, 0.4) is 0 Å². The van der Waals surface area contributed by atoms with E-state index in [1.807, 2.05) is 32.7 Å². The first-order valence-corrected chi connectivity index (χ1v) is 14.5. The topological polar surface area (TPSA) is 103 Å². The average Bonchev–Trinajstić information content (AvgIpc) is 3.60. The fraction of sp³-hybridized carbons (Fsp3) is 0.600. The number of fused-ring (bicyclic) bond motifs is 1. The van der Waals surface area contributed by atoms with E-state index in [4.69, 9.17) is 5.73 Å². The second kappa shape index (κ2) is 13.0. The average molecular weight is 607 g/mol. The maximum Gasteiger partial charge on any atom is 0.257 e. The Balaban J connectivity index is 1.56. The number of hydrogen-bond acceptors (Lipinski definition) is 7. The van der Waals surface area contributed by atoms with Crippen LogP contribution in [0.1, 0.15) is 50.4 Å². The van der Waals surface area contributed by atoms with Crippen LogP contribution in [0.25, 0.3) is 0 Å². The lowest BCUT2D eigenvalue weighted by molar-refractivity contribution is 0.0741. The molecule has 1 saturated heterocycles. The van der Waals surface area contributed by atoms with Crippen LogP contribution in [0, 0.1) is 17.3 Å². The summed E-state index contributed by atoms with van der Waals surface area (Å²) in [4.78, 5) is 14.8. The number of aromatic nitrogens is 2. The van der Waals surface area contributed by atoms with E-state index in [-0.39, 0.29) is 36.4 Å². The number of piperidine rings is 1. The van der Waals surface area contributed by atoms with Gasteiger partial charge in [0.2, 0.25) is 0 Å². The van der Waals surface area contributed by atoms with Gasteiger partial charge in [-0.15, -0.1) is 0 Å². The van der Waals surface area contributed by atoms with E-state index >= 15 is 4.39 Å². The molecular weight excluding hydrogens is 564 g/mol. The molecule has 5 N–H and O–H groups in total. The van der Waals surface area contributed by atoms with Gasteiger partial charge in [-0.25, -0.2) is 9.07 Å². The molecule has 0 aliphatic carbocycles. The lowest BCUT2D eigenvalue weighted by atomic mass is 9.84. The number of alkyl halides is 4. The van der Waals surface area contributed by atoms with Gasteiger partial charge < -0.3 is 21.4 Å². The third-order valence-electron chi connectivity index (χ3n) is 8.55. The van der Waals surface area contributed by atoms with E-state index in [2.05, 4.69) is 33.0 Å². The van der Waals surface area contributed by atoms with Crippen molar-refractivity contribution in [2.45, 2.75) is 63.4 Å². The molecule has 3 atom stereocenters. The summed E-state index contributed by atoms with van der Waals surface area (Å²) in [5.41, 5.74) is 7.16. The highest BCUT2D eigenvalue weighted by molar-refractivity contribution is 5.98. The van der Waals surface area contributed by atoms with Crippen LogP contribution >= 0.6 is 0 Å². The Morgan fingerprint density at radius 2 is 2.00 bits per heavy atom. The zero-order chi connectivity index (χ0) is 31.4. The van der Waals surface area contributed by atoms with E-state index in [1.54, 1.807) is 34.1 Å². The molecule has 1 aromatic heterocycles. The largest absolute Gasteiger partial charge is 0.383 e.